The molecule has 0 saturated heterocycles. The van der Waals surface area contributed by atoms with Crippen LogP contribution in [0.25, 0.3) is 11.0 Å². The van der Waals surface area contributed by atoms with Crippen molar-refractivity contribution >= 4 is 22.8 Å². The fourth-order valence-corrected chi connectivity index (χ4v) is 2.61. The van der Waals surface area contributed by atoms with E-state index in [9.17, 15) is 19.8 Å². The number of benzene rings is 2. The number of rotatable bonds is 6. The highest BCUT2D eigenvalue weighted by molar-refractivity contribution is 5.98. The molecule has 134 valence electrons. The van der Waals surface area contributed by atoms with E-state index in [1.807, 2.05) is 0 Å². The molecule has 3 N–H and O–H groups in total. The van der Waals surface area contributed by atoms with E-state index in [4.69, 9.17) is 9.15 Å². The third kappa shape index (κ3) is 3.77. The number of ether oxygens (including phenoxy) is 1. The number of amides is 1. The van der Waals surface area contributed by atoms with Crippen LogP contribution in [0.3, 0.4) is 0 Å². The van der Waals surface area contributed by atoms with Gasteiger partial charge in [0.05, 0.1) is 7.11 Å². The van der Waals surface area contributed by atoms with E-state index in [0.29, 0.717) is 22.3 Å². The van der Waals surface area contributed by atoms with E-state index in [1.54, 1.807) is 30.3 Å². The van der Waals surface area contributed by atoms with Gasteiger partial charge in [-0.3, -0.25) is 4.79 Å². The Morgan fingerprint density at radius 2 is 2.00 bits per heavy atom. The minimum Gasteiger partial charge on any atom is -0.508 e. The third-order valence-corrected chi connectivity index (χ3v) is 3.90. The minimum absolute atomic E-state index is 0.00964. The number of furan rings is 1. The lowest BCUT2D eigenvalue weighted by atomic mass is 10.1. The molecule has 0 aliphatic carbocycles. The summed E-state index contributed by atoms with van der Waals surface area (Å²) >= 11 is 0. The second kappa shape index (κ2) is 7.18. The van der Waals surface area contributed by atoms with Gasteiger partial charge in [-0.15, -0.1) is 0 Å². The SMILES string of the molecule is COc1ccc2oc(C(=O)NC(Cc3cccc(O)c3)C(=O)O)cc2c1. The zero-order chi connectivity index (χ0) is 18.7. The monoisotopic (exact) mass is 355 g/mol. The summed E-state index contributed by atoms with van der Waals surface area (Å²) in [7, 11) is 1.54. The molecule has 0 aliphatic heterocycles. The van der Waals surface area contributed by atoms with E-state index in [2.05, 4.69) is 5.32 Å². The van der Waals surface area contributed by atoms with Crippen molar-refractivity contribution in [1.82, 2.24) is 5.32 Å². The fraction of sp³-hybridized carbons (Fsp3) is 0.158. The summed E-state index contributed by atoms with van der Waals surface area (Å²) in [6.07, 6.45) is 0.0313. The summed E-state index contributed by atoms with van der Waals surface area (Å²) in [5.41, 5.74) is 1.09. The summed E-state index contributed by atoms with van der Waals surface area (Å²) in [5, 5.41) is 22.0. The van der Waals surface area contributed by atoms with Crippen molar-refractivity contribution in [2.24, 2.45) is 0 Å². The van der Waals surface area contributed by atoms with Crippen LogP contribution in [0, 0.1) is 0 Å². The summed E-state index contributed by atoms with van der Waals surface area (Å²) in [6.45, 7) is 0. The fourth-order valence-electron chi connectivity index (χ4n) is 2.61. The van der Waals surface area contributed by atoms with Crippen molar-refractivity contribution in [2.75, 3.05) is 7.11 Å². The number of phenolic OH excluding ortho intramolecular Hbond substituents is 1. The summed E-state index contributed by atoms with van der Waals surface area (Å²) < 4.78 is 10.6. The Bertz CT molecular complexity index is 962. The summed E-state index contributed by atoms with van der Waals surface area (Å²) in [5.74, 6) is -1.15. The van der Waals surface area contributed by atoms with Gasteiger partial charge < -0.3 is 24.7 Å². The van der Waals surface area contributed by atoms with Crippen molar-refractivity contribution in [3.63, 3.8) is 0 Å². The predicted molar refractivity (Wildman–Crippen MR) is 93.5 cm³/mol. The molecule has 3 rings (SSSR count). The topological polar surface area (TPSA) is 109 Å². The van der Waals surface area contributed by atoms with Gasteiger partial charge in [-0.05, 0) is 42.0 Å². The molecule has 26 heavy (non-hydrogen) atoms. The van der Waals surface area contributed by atoms with Gasteiger partial charge in [-0.2, -0.15) is 0 Å². The van der Waals surface area contributed by atoms with E-state index in [0.717, 1.165) is 0 Å². The Morgan fingerprint density at radius 1 is 1.19 bits per heavy atom. The Kier molecular flexibility index (Phi) is 4.79. The molecule has 1 atom stereocenters. The Labute approximate surface area is 148 Å². The Morgan fingerprint density at radius 3 is 2.69 bits per heavy atom. The van der Waals surface area contributed by atoms with Gasteiger partial charge in [0, 0.05) is 11.8 Å². The molecular formula is C19H17NO6. The number of methoxy groups -OCH3 is 1. The molecule has 0 radical (unpaired) electrons. The zero-order valence-electron chi connectivity index (χ0n) is 13.9. The Hall–Kier alpha value is -3.48. The van der Waals surface area contributed by atoms with Crippen molar-refractivity contribution in [3.05, 3.63) is 59.9 Å². The van der Waals surface area contributed by atoms with Crippen molar-refractivity contribution < 1.29 is 29.0 Å². The van der Waals surface area contributed by atoms with Crippen LogP contribution in [0.2, 0.25) is 0 Å². The minimum atomic E-state index is -1.18. The van der Waals surface area contributed by atoms with Gasteiger partial charge in [0.2, 0.25) is 0 Å². The molecule has 7 nitrogen and oxygen atoms in total. The van der Waals surface area contributed by atoms with Crippen LogP contribution in [-0.4, -0.2) is 35.2 Å². The molecular weight excluding hydrogens is 338 g/mol. The first kappa shape index (κ1) is 17.3. The first-order valence-corrected chi connectivity index (χ1v) is 7.85. The van der Waals surface area contributed by atoms with E-state index in [1.165, 1.54) is 25.3 Å². The number of aliphatic carboxylic acids is 1. The van der Waals surface area contributed by atoms with Crippen molar-refractivity contribution in [1.29, 1.82) is 0 Å². The maximum atomic E-state index is 12.4. The first-order chi connectivity index (χ1) is 12.5. The second-order valence-corrected chi connectivity index (χ2v) is 5.75. The average Bonchev–Trinajstić information content (AvgIpc) is 3.04. The van der Waals surface area contributed by atoms with E-state index >= 15 is 0 Å². The van der Waals surface area contributed by atoms with Gasteiger partial charge in [0.15, 0.2) is 5.76 Å². The molecule has 3 aromatic rings. The molecule has 1 amide bonds. The van der Waals surface area contributed by atoms with E-state index in [-0.39, 0.29) is 17.9 Å². The zero-order valence-corrected chi connectivity index (χ0v) is 13.9. The van der Waals surface area contributed by atoms with Crippen molar-refractivity contribution in [3.8, 4) is 11.5 Å². The predicted octanol–water partition coefficient (Wildman–Crippen LogP) is 2.57. The molecule has 7 heteroatoms. The van der Waals surface area contributed by atoms with Crippen LogP contribution in [0.4, 0.5) is 0 Å². The standard InChI is InChI=1S/C19H17NO6/c1-25-14-5-6-16-12(9-14)10-17(26-16)18(22)20-15(19(23)24)8-11-3-2-4-13(21)7-11/h2-7,9-10,15,21H,8H2,1H3,(H,20,22)(H,23,24). The van der Waals surface area contributed by atoms with E-state index < -0.39 is 17.9 Å². The number of carbonyl (C=O) groups is 2. The average molecular weight is 355 g/mol. The number of hydrogen-bond donors (Lipinski definition) is 3. The van der Waals surface area contributed by atoms with Crippen LogP contribution in [0.1, 0.15) is 16.1 Å². The molecule has 2 aromatic carbocycles. The number of phenols is 1. The molecule has 1 heterocycles. The van der Waals surface area contributed by atoms with Crippen LogP contribution in [0.5, 0.6) is 11.5 Å². The second-order valence-electron chi connectivity index (χ2n) is 5.75. The van der Waals surface area contributed by atoms with Crippen LogP contribution in [0.15, 0.2) is 52.9 Å². The molecule has 1 unspecified atom stereocenters. The van der Waals surface area contributed by atoms with Gasteiger partial charge in [-0.1, -0.05) is 12.1 Å². The normalized spacial score (nSPS) is 11.9. The van der Waals surface area contributed by atoms with Crippen LogP contribution < -0.4 is 10.1 Å². The lowest BCUT2D eigenvalue weighted by Gasteiger charge is -2.13. The highest BCUT2D eigenvalue weighted by Gasteiger charge is 2.23. The number of carboxylic acids is 1. The van der Waals surface area contributed by atoms with Crippen molar-refractivity contribution in [2.45, 2.75) is 12.5 Å². The van der Waals surface area contributed by atoms with Gasteiger partial charge >= 0.3 is 5.97 Å². The molecule has 0 saturated carbocycles. The number of fused-ring (bicyclic) bond motifs is 1. The molecule has 0 spiro atoms. The van der Waals surface area contributed by atoms with Crippen LogP contribution >= 0.6 is 0 Å². The maximum absolute atomic E-state index is 12.4. The lowest BCUT2D eigenvalue weighted by Crippen LogP contribution is -2.42. The molecule has 0 aliphatic rings. The molecule has 1 aromatic heterocycles. The number of nitrogens with one attached hydrogen (secondary N) is 1. The van der Waals surface area contributed by atoms with Gasteiger partial charge in [0.25, 0.3) is 5.91 Å². The largest absolute Gasteiger partial charge is 0.508 e. The maximum Gasteiger partial charge on any atom is 0.326 e. The summed E-state index contributed by atoms with van der Waals surface area (Å²) in [6, 6.07) is 11.7. The third-order valence-electron chi connectivity index (χ3n) is 3.90. The Balaban J connectivity index is 1.78. The van der Waals surface area contributed by atoms with Crippen LogP contribution in [-0.2, 0) is 11.2 Å². The molecule has 0 bridgehead atoms. The highest BCUT2D eigenvalue weighted by atomic mass is 16.5. The van der Waals surface area contributed by atoms with Gasteiger partial charge in [-0.25, -0.2) is 4.79 Å². The number of aromatic hydroxyl groups is 1. The number of carboxylic acid groups (broad SMARTS) is 1. The quantitative estimate of drug-likeness (QED) is 0.627. The summed E-state index contributed by atoms with van der Waals surface area (Å²) in [4.78, 5) is 23.9. The highest BCUT2D eigenvalue weighted by Crippen LogP contribution is 2.24. The lowest BCUT2D eigenvalue weighted by molar-refractivity contribution is -0.139. The first-order valence-electron chi connectivity index (χ1n) is 7.85. The smallest absolute Gasteiger partial charge is 0.326 e. The number of hydrogen-bond acceptors (Lipinski definition) is 5. The molecule has 0 fully saturated rings. The van der Waals surface area contributed by atoms with Gasteiger partial charge in [0.1, 0.15) is 23.1 Å². The number of carbonyl (C=O) groups excluding carboxylic acids is 1.